The minimum absolute atomic E-state index is 0.0870. The Kier molecular flexibility index (Phi) is 7.89. The van der Waals surface area contributed by atoms with Crippen LogP contribution in [0.25, 0.3) is 0 Å². The minimum Gasteiger partial charge on any atom is -0.467 e. The van der Waals surface area contributed by atoms with Crippen molar-refractivity contribution in [3.63, 3.8) is 0 Å². The van der Waals surface area contributed by atoms with Crippen molar-refractivity contribution in [2.45, 2.75) is 13.5 Å². The summed E-state index contributed by atoms with van der Waals surface area (Å²) in [5.74, 6) is 0.0716. The molecule has 0 fully saturated rings. The largest absolute Gasteiger partial charge is 0.467 e. The van der Waals surface area contributed by atoms with E-state index in [1.54, 1.807) is 36.4 Å². The Morgan fingerprint density at radius 1 is 0.871 bits per heavy atom. The summed E-state index contributed by atoms with van der Waals surface area (Å²) in [5, 5.41) is 8.29. The maximum absolute atomic E-state index is 12.5. The van der Waals surface area contributed by atoms with Crippen molar-refractivity contribution < 1.29 is 18.8 Å². The van der Waals surface area contributed by atoms with Crippen molar-refractivity contribution in [1.82, 2.24) is 5.32 Å². The van der Waals surface area contributed by atoms with Crippen LogP contribution in [0.15, 0.2) is 71.3 Å². The first-order valence-corrected chi connectivity index (χ1v) is 10.8. The number of hydrogen-bond donors (Lipinski definition) is 3. The lowest BCUT2D eigenvalue weighted by molar-refractivity contribution is -0.114. The third-order valence-electron chi connectivity index (χ3n) is 4.25. The Labute approximate surface area is 184 Å². The lowest BCUT2D eigenvalue weighted by Crippen LogP contribution is -2.25. The lowest BCUT2D eigenvalue weighted by Gasteiger charge is -2.11. The van der Waals surface area contributed by atoms with Crippen LogP contribution in [-0.4, -0.2) is 29.2 Å². The predicted octanol–water partition coefficient (Wildman–Crippen LogP) is 3.83. The zero-order valence-electron chi connectivity index (χ0n) is 17.0. The zero-order chi connectivity index (χ0) is 22.1. The first kappa shape index (κ1) is 22.2. The fourth-order valence-corrected chi connectivity index (χ4v) is 3.34. The predicted molar refractivity (Wildman–Crippen MR) is 122 cm³/mol. The summed E-state index contributed by atoms with van der Waals surface area (Å²) in [6.45, 7) is 2.22. The van der Waals surface area contributed by atoms with E-state index < -0.39 is 0 Å². The number of aryl methyl sites for hydroxylation is 1. The molecule has 7 nitrogen and oxygen atoms in total. The quantitative estimate of drug-likeness (QED) is 0.472. The van der Waals surface area contributed by atoms with Gasteiger partial charge >= 0.3 is 0 Å². The topological polar surface area (TPSA) is 100 Å². The average Bonchev–Trinajstić information content (AvgIpc) is 3.28. The van der Waals surface area contributed by atoms with Crippen molar-refractivity contribution in [2.75, 3.05) is 22.1 Å². The van der Waals surface area contributed by atoms with Crippen molar-refractivity contribution in [1.29, 1.82) is 0 Å². The van der Waals surface area contributed by atoms with E-state index in [0.29, 0.717) is 17.0 Å². The van der Waals surface area contributed by atoms with Gasteiger partial charge in [0.15, 0.2) is 0 Å². The third kappa shape index (κ3) is 7.04. The normalized spacial score (nSPS) is 10.4. The number of furan rings is 1. The molecular weight excluding hydrogens is 414 g/mol. The molecule has 3 rings (SSSR count). The van der Waals surface area contributed by atoms with Gasteiger partial charge in [-0.25, -0.2) is 0 Å². The number of anilines is 2. The Hall–Kier alpha value is -3.52. The first-order chi connectivity index (χ1) is 15.0. The molecule has 0 radical (unpaired) electrons. The van der Waals surface area contributed by atoms with Crippen LogP contribution in [0, 0.1) is 6.92 Å². The monoisotopic (exact) mass is 437 g/mol. The molecule has 160 valence electrons. The molecule has 2 aromatic carbocycles. The van der Waals surface area contributed by atoms with Gasteiger partial charge in [0, 0.05) is 5.69 Å². The highest BCUT2D eigenvalue weighted by molar-refractivity contribution is 8.00. The molecule has 0 spiro atoms. The number of rotatable bonds is 9. The Balaban J connectivity index is 1.46. The molecule has 0 bridgehead atoms. The SMILES string of the molecule is Cc1ccc(NC(=O)CSCC(=O)Nc2ccccc2C(=O)NCc2ccco2)cc1. The molecule has 0 aliphatic heterocycles. The van der Waals surface area contributed by atoms with E-state index in [1.165, 1.54) is 18.0 Å². The molecule has 3 amide bonds. The van der Waals surface area contributed by atoms with Crippen LogP contribution in [0.4, 0.5) is 11.4 Å². The second-order valence-corrected chi connectivity index (χ2v) is 7.75. The van der Waals surface area contributed by atoms with Crippen LogP contribution in [0.5, 0.6) is 0 Å². The van der Waals surface area contributed by atoms with Crippen molar-refractivity contribution in [3.8, 4) is 0 Å². The number of amides is 3. The average molecular weight is 438 g/mol. The summed E-state index contributed by atoms with van der Waals surface area (Å²) in [4.78, 5) is 36.8. The fourth-order valence-electron chi connectivity index (χ4n) is 2.72. The molecule has 0 saturated heterocycles. The van der Waals surface area contributed by atoms with E-state index >= 15 is 0 Å². The van der Waals surface area contributed by atoms with Gasteiger partial charge < -0.3 is 20.4 Å². The standard InChI is InChI=1S/C23H23N3O4S/c1-16-8-10-17(11-9-16)25-21(27)14-31-15-22(28)26-20-7-3-2-6-19(20)23(29)24-13-18-5-4-12-30-18/h2-12H,13-15H2,1H3,(H,24,29)(H,25,27)(H,26,28). The van der Waals surface area contributed by atoms with Crippen LogP contribution in [0.1, 0.15) is 21.7 Å². The summed E-state index contributed by atoms with van der Waals surface area (Å²) >= 11 is 1.20. The number of nitrogens with one attached hydrogen (secondary N) is 3. The molecule has 3 N–H and O–H groups in total. The molecule has 1 aromatic heterocycles. The van der Waals surface area contributed by atoms with Crippen molar-refractivity contribution in [3.05, 3.63) is 83.8 Å². The van der Waals surface area contributed by atoms with Crippen LogP contribution in [0.2, 0.25) is 0 Å². The molecule has 0 aliphatic carbocycles. The van der Waals surface area contributed by atoms with Gasteiger partial charge in [0.1, 0.15) is 5.76 Å². The molecule has 3 aromatic rings. The molecule has 0 atom stereocenters. The zero-order valence-corrected chi connectivity index (χ0v) is 17.8. The number of para-hydroxylation sites is 1. The lowest BCUT2D eigenvalue weighted by atomic mass is 10.1. The highest BCUT2D eigenvalue weighted by Crippen LogP contribution is 2.16. The first-order valence-electron chi connectivity index (χ1n) is 9.65. The number of benzene rings is 2. The summed E-state index contributed by atoms with van der Waals surface area (Å²) < 4.78 is 5.20. The van der Waals surface area contributed by atoms with Crippen LogP contribution in [-0.2, 0) is 16.1 Å². The molecule has 31 heavy (non-hydrogen) atoms. The van der Waals surface area contributed by atoms with Crippen molar-refractivity contribution in [2.24, 2.45) is 0 Å². The smallest absolute Gasteiger partial charge is 0.253 e. The maximum Gasteiger partial charge on any atom is 0.253 e. The number of thioether (sulfide) groups is 1. The van der Waals surface area contributed by atoms with Crippen LogP contribution >= 0.6 is 11.8 Å². The number of carbonyl (C=O) groups excluding carboxylic acids is 3. The summed E-state index contributed by atoms with van der Waals surface area (Å²) in [6.07, 6.45) is 1.54. The summed E-state index contributed by atoms with van der Waals surface area (Å²) in [7, 11) is 0. The van der Waals surface area contributed by atoms with Gasteiger partial charge in [-0.15, -0.1) is 11.8 Å². The van der Waals surface area contributed by atoms with E-state index in [2.05, 4.69) is 16.0 Å². The molecule has 8 heteroatoms. The van der Waals surface area contributed by atoms with Crippen molar-refractivity contribution >= 4 is 40.9 Å². The van der Waals surface area contributed by atoms with Gasteiger partial charge in [-0.1, -0.05) is 29.8 Å². The van der Waals surface area contributed by atoms with E-state index in [4.69, 9.17) is 4.42 Å². The highest BCUT2D eigenvalue weighted by atomic mass is 32.2. The second kappa shape index (κ2) is 11.0. The molecule has 0 saturated carbocycles. The van der Waals surface area contributed by atoms with Gasteiger partial charge in [-0.05, 0) is 43.3 Å². The van der Waals surface area contributed by atoms with Crippen LogP contribution < -0.4 is 16.0 Å². The van der Waals surface area contributed by atoms with Crippen LogP contribution in [0.3, 0.4) is 0 Å². The van der Waals surface area contributed by atoms with E-state index in [0.717, 1.165) is 11.3 Å². The summed E-state index contributed by atoms with van der Waals surface area (Å²) in [6, 6.07) is 17.8. The molecular formula is C23H23N3O4S. The number of carbonyl (C=O) groups is 3. The van der Waals surface area contributed by atoms with E-state index in [9.17, 15) is 14.4 Å². The fraction of sp³-hybridized carbons (Fsp3) is 0.174. The van der Waals surface area contributed by atoms with Gasteiger partial charge in [0.2, 0.25) is 11.8 Å². The van der Waals surface area contributed by atoms with Gasteiger partial charge in [-0.3, -0.25) is 14.4 Å². The second-order valence-electron chi connectivity index (χ2n) is 6.76. The molecule has 0 aliphatic rings. The Morgan fingerprint density at radius 2 is 1.58 bits per heavy atom. The molecule has 0 unspecified atom stereocenters. The third-order valence-corrected chi connectivity index (χ3v) is 5.18. The number of hydrogen-bond acceptors (Lipinski definition) is 5. The Morgan fingerprint density at radius 3 is 2.29 bits per heavy atom. The van der Waals surface area contributed by atoms with Gasteiger partial charge in [0.05, 0.1) is 35.6 Å². The summed E-state index contributed by atoms with van der Waals surface area (Å²) in [5.41, 5.74) is 2.59. The van der Waals surface area contributed by atoms with Gasteiger partial charge in [-0.2, -0.15) is 0 Å². The molecule has 1 heterocycles. The highest BCUT2D eigenvalue weighted by Gasteiger charge is 2.14. The maximum atomic E-state index is 12.5. The minimum atomic E-state index is -0.322. The van der Waals surface area contributed by atoms with Gasteiger partial charge in [0.25, 0.3) is 5.91 Å². The van der Waals surface area contributed by atoms with E-state index in [-0.39, 0.29) is 35.8 Å². The van der Waals surface area contributed by atoms with E-state index in [1.807, 2.05) is 31.2 Å². The Bertz CT molecular complexity index is 1030.